The zero-order valence-electron chi connectivity index (χ0n) is 12.5. The molecule has 0 spiro atoms. The molecule has 1 saturated heterocycles. The lowest BCUT2D eigenvalue weighted by Crippen LogP contribution is -2.40. The molecule has 110 valence electrons. The topological polar surface area (TPSA) is 55.6 Å². The number of anilines is 1. The van der Waals surface area contributed by atoms with Crippen molar-refractivity contribution in [2.45, 2.75) is 45.9 Å². The quantitative estimate of drug-likeness (QED) is 0.859. The first-order valence-corrected chi connectivity index (χ1v) is 7.24. The summed E-state index contributed by atoms with van der Waals surface area (Å²) in [6.07, 6.45) is 0.992. The molecule has 1 aliphatic heterocycles. The van der Waals surface area contributed by atoms with Crippen molar-refractivity contribution < 1.29 is 9.53 Å². The molecule has 1 amide bonds. The Kier molecular flexibility index (Phi) is 4.65. The Hall–Kier alpha value is -1.55. The number of nitrogens with zero attached hydrogens (tertiary/aromatic N) is 1. The van der Waals surface area contributed by atoms with Gasteiger partial charge in [0.05, 0.1) is 18.6 Å². The SMILES string of the molecule is CC1CC(C(=O)N(Cc2ccccc2N)C(C)C)CO1. The summed E-state index contributed by atoms with van der Waals surface area (Å²) in [5, 5.41) is 0. The molecule has 20 heavy (non-hydrogen) atoms. The van der Waals surface area contributed by atoms with Crippen LogP contribution in [0.15, 0.2) is 24.3 Å². The maximum Gasteiger partial charge on any atom is 0.228 e. The summed E-state index contributed by atoms with van der Waals surface area (Å²) in [6, 6.07) is 7.87. The second-order valence-electron chi connectivity index (χ2n) is 5.84. The molecule has 1 aromatic rings. The van der Waals surface area contributed by atoms with Crippen molar-refractivity contribution >= 4 is 11.6 Å². The Labute approximate surface area is 120 Å². The highest BCUT2D eigenvalue weighted by Crippen LogP contribution is 2.24. The van der Waals surface area contributed by atoms with Crippen molar-refractivity contribution in [2.75, 3.05) is 12.3 Å². The summed E-state index contributed by atoms with van der Waals surface area (Å²) in [4.78, 5) is 14.6. The molecule has 0 bridgehead atoms. The number of nitrogen functional groups attached to an aromatic ring is 1. The molecule has 2 N–H and O–H groups in total. The first kappa shape index (κ1) is 14.9. The lowest BCUT2D eigenvalue weighted by atomic mass is 10.0. The molecule has 1 aromatic carbocycles. The normalized spacial score (nSPS) is 22.2. The van der Waals surface area contributed by atoms with Gasteiger partial charge in [-0.1, -0.05) is 18.2 Å². The number of carbonyl (C=O) groups is 1. The Balaban J connectivity index is 2.11. The summed E-state index contributed by atoms with van der Waals surface area (Å²) < 4.78 is 5.52. The summed E-state index contributed by atoms with van der Waals surface area (Å²) in [7, 11) is 0. The van der Waals surface area contributed by atoms with Gasteiger partial charge in [-0.2, -0.15) is 0 Å². The molecule has 2 unspecified atom stereocenters. The maximum absolute atomic E-state index is 12.7. The van der Waals surface area contributed by atoms with Crippen LogP contribution in [0.3, 0.4) is 0 Å². The number of hydrogen-bond donors (Lipinski definition) is 1. The molecule has 1 heterocycles. The summed E-state index contributed by atoms with van der Waals surface area (Å²) in [5.41, 5.74) is 7.72. The van der Waals surface area contributed by atoms with Crippen LogP contribution in [0.25, 0.3) is 0 Å². The van der Waals surface area contributed by atoms with Gasteiger partial charge in [0, 0.05) is 18.3 Å². The number of amides is 1. The molecule has 1 fully saturated rings. The van der Waals surface area contributed by atoms with Crippen molar-refractivity contribution in [1.82, 2.24) is 4.90 Å². The molecule has 0 aromatic heterocycles. The second-order valence-corrected chi connectivity index (χ2v) is 5.84. The van der Waals surface area contributed by atoms with E-state index in [4.69, 9.17) is 10.5 Å². The van der Waals surface area contributed by atoms with Gasteiger partial charge < -0.3 is 15.4 Å². The van der Waals surface area contributed by atoms with Gasteiger partial charge in [-0.25, -0.2) is 0 Å². The van der Waals surface area contributed by atoms with E-state index in [1.807, 2.05) is 49.9 Å². The Morgan fingerprint density at radius 2 is 2.15 bits per heavy atom. The monoisotopic (exact) mass is 276 g/mol. The zero-order chi connectivity index (χ0) is 14.7. The minimum atomic E-state index is -0.0164. The fourth-order valence-electron chi connectivity index (χ4n) is 2.60. The molecule has 1 aliphatic rings. The van der Waals surface area contributed by atoms with Gasteiger partial charge in [-0.05, 0) is 38.8 Å². The molecule has 0 aliphatic carbocycles. The minimum absolute atomic E-state index is 0.0164. The van der Waals surface area contributed by atoms with E-state index in [1.54, 1.807) is 0 Å². The van der Waals surface area contributed by atoms with Crippen LogP contribution in [0.2, 0.25) is 0 Å². The van der Waals surface area contributed by atoms with E-state index in [2.05, 4.69) is 0 Å². The van der Waals surface area contributed by atoms with E-state index < -0.39 is 0 Å². The predicted octanol–water partition coefficient (Wildman–Crippen LogP) is 2.43. The van der Waals surface area contributed by atoms with Crippen LogP contribution in [0.4, 0.5) is 5.69 Å². The number of carbonyl (C=O) groups excluding carboxylic acids is 1. The minimum Gasteiger partial charge on any atom is -0.398 e. The number of ether oxygens (including phenoxy) is 1. The van der Waals surface area contributed by atoms with Crippen molar-refractivity contribution in [1.29, 1.82) is 0 Å². The smallest absolute Gasteiger partial charge is 0.228 e. The Morgan fingerprint density at radius 3 is 2.70 bits per heavy atom. The average molecular weight is 276 g/mol. The fourth-order valence-corrected chi connectivity index (χ4v) is 2.60. The largest absolute Gasteiger partial charge is 0.398 e. The van der Waals surface area contributed by atoms with E-state index in [-0.39, 0.29) is 24.0 Å². The lowest BCUT2D eigenvalue weighted by Gasteiger charge is -2.29. The van der Waals surface area contributed by atoms with E-state index in [1.165, 1.54) is 0 Å². The summed E-state index contributed by atoms with van der Waals surface area (Å²) in [5.74, 6) is 0.157. The Morgan fingerprint density at radius 1 is 1.45 bits per heavy atom. The van der Waals surface area contributed by atoms with E-state index >= 15 is 0 Å². The van der Waals surface area contributed by atoms with E-state index in [0.29, 0.717) is 13.2 Å². The highest BCUT2D eigenvalue weighted by atomic mass is 16.5. The van der Waals surface area contributed by atoms with Gasteiger partial charge in [-0.3, -0.25) is 4.79 Å². The molecule has 4 nitrogen and oxygen atoms in total. The third kappa shape index (κ3) is 3.31. The van der Waals surface area contributed by atoms with Crippen LogP contribution < -0.4 is 5.73 Å². The van der Waals surface area contributed by atoms with Crippen LogP contribution in [0, 0.1) is 5.92 Å². The van der Waals surface area contributed by atoms with Gasteiger partial charge >= 0.3 is 0 Å². The number of para-hydroxylation sites is 1. The van der Waals surface area contributed by atoms with Crippen LogP contribution in [0.5, 0.6) is 0 Å². The Bertz CT molecular complexity index is 473. The maximum atomic E-state index is 12.7. The molecular weight excluding hydrogens is 252 g/mol. The molecule has 0 saturated carbocycles. The van der Waals surface area contributed by atoms with Crippen molar-refractivity contribution in [3.8, 4) is 0 Å². The van der Waals surface area contributed by atoms with Crippen LogP contribution in [0.1, 0.15) is 32.8 Å². The molecule has 2 atom stereocenters. The number of nitrogens with two attached hydrogens (primary N) is 1. The second kappa shape index (κ2) is 6.27. The van der Waals surface area contributed by atoms with Crippen molar-refractivity contribution in [2.24, 2.45) is 5.92 Å². The third-order valence-corrected chi connectivity index (χ3v) is 3.85. The van der Waals surface area contributed by atoms with E-state index in [0.717, 1.165) is 17.7 Å². The van der Waals surface area contributed by atoms with Crippen LogP contribution in [-0.2, 0) is 16.1 Å². The van der Waals surface area contributed by atoms with Gasteiger partial charge in [0.2, 0.25) is 5.91 Å². The highest BCUT2D eigenvalue weighted by Gasteiger charge is 2.32. The van der Waals surface area contributed by atoms with Crippen molar-refractivity contribution in [3.05, 3.63) is 29.8 Å². The number of rotatable bonds is 4. The molecule has 2 rings (SSSR count). The van der Waals surface area contributed by atoms with E-state index in [9.17, 15) is 4.79 Å². The van der Waals surface area contributed by atoms with Gasteiger partial charge in [0.15, 0.2) is 0 Å². The molecular formula is C16H24N2O2. The molecule has 4 heteroatoms. The summed E-state index contributed by atoms with van der Waals surface area (Å²) >= 11 is 0. The zero-order valence-corrected chi connectivity index (χ0v) is 12.5. The highest BCUT2D eigenvalue weighted by molar-refractivity contribution is 5.79. The number of hydrogen-bond acceptors (Lipinski definition) is 3. The lowest BCUT2D eigenvalue weighted by molar-refractivity contribution is -0.137. The predicted molar refractivity (Wildman–Crippen MR) is 80.1 cm³/mol. The summed E-state index contributed by atoms with van der Waals surface area (Å²) in [6.45, 7) is 7.19. The van der Waals surface area contributed by atoms with Gasteiger partial charge in [0.25, 0.3) is 0 Å². The number of benzene rings is 1. The van der Waals surface area contributed by atoms with Crippen molar-refractivity contribution in [3.63, 3.8) is 0 Å². The van der Waals surface area contributed by atoms with Crippen LogP contribution in [-0.4, -0.2) is 29.6 Å². The molecule has 0 radical (unpaired) electrons. The third-order valence-electron chi connectivity index (χ3n) is 3.85. The van der Waals surface area contributed by atoms with Gasteiger partial charge in [0.1, 0.15) is 0 Å². The first-order chi connectivity index (χ1) is 9.49. The first-order valence-electron chi connectivity index (χ1n) is 7.24. The average Bonchev–Trinajstić information content (AvgIpc) is 2.83. The standard InChI is InChI=1S/C16H24N2O2/c1-11(2)18(9-13-6-4-5-7-15(13)17)16(19)14-8-12(3)20-10-14/h4-7,11-12,14H,8-10,17H2,1-3H3. The van der Waals surface area contributed by atoms with Gasteiger partial charge in [-0.15, -0.1) is 0 Å². The van der Waals surface area contributed by atoms with Crippen LogP contribution >= 0.6 is 0 Å². The fraction of sp³-hybridized carbons (Fsp3) is 0.562.